The summed E-state index contributed by atoms with van der Waals surface area (Å²) in [6, 6.07) is 0. The molecule has 1 aromatic heterocycles. The minimum absolute atomic E-state index is 0.000728. The minimum atomic E-state index is -0.450. The van der Waals surface area contributed by atoms with Crippen LogP contribution in [0.5, 0.6) is 0 Å². The highest BCUT2D eigenvalue weighted by molar-refractivity contribution is 7.09. The zero-order valence-electron chi connectivity index (χ0n) is 7.69. The Hall–Kier alpha value is -1.60. The van der Waals surface area contributed by atoms with Crippen LogP contribution in [0.25, 0.3) is 6.08 Å². The molecule has 0 saturated carbocycles. The lowest BCUT2D eigenvalue weighted by molar-refractivity contribution is -0.136. The first kappa shape index (κ1) is 10.5. The topological polar surface area (TPSA) is 39.2 Å². The molecule has 4 heteroatoms. The number of aryl methyl sites for hydroxylation is 1. The average molecular weight is 207 g/mol. The number of nitrogens with zero attached hydrogens (tertiary/aromatic N) is 1. The molecule has 0 bridgehead atoms. The van der Waals surface area contributed by atoms with Crippen LogP contribution in [0.3, 0.4) is 0 Å². The van der Waals surface area contributed by atoms with Gasteiger partial charge in [0.1, 0.15) is 0 Å². The number of hydrogen-bond donors (Lipinski definition) is 0. The third-order valence-corrected chi connectivity index (χ3v) is 2.12. The number of thiazole rings is 1. The Bertz CT molecular complexity index is 387. The average Bonchev–Trinajstić information content (AvgIpc) is 2.58. The molecule has 0 aliphatic heterocycles. The second kappa shape index (κ2) is 5.20. The van der Waals surface area contributed by atoms with Crippen molar-refractivity contribution in [1.29, 1.82) is 0 Å². The summed E-state index contributed by atoms with van der Waals surface area (Å²) in [6.45, 7) is 1.90. The van der Waals surface area contributed by atoms with Crippen LogP contribution >= 0.6 is 11.3 Å². The Kier molecular flexibility index (Phi) is 3.89. The maximum absolute atomic E-state index is 11.0. The molecule has 1 rings (SSSR count). The Labute approximate surface area is 86.4 Å². The van der Waals surface area contributed by atoms with Crippen LogP contribution < -0.4 is 0 Å². The SMILES string of the molecule is C#CCOC(=O)/C=C/c1csc(C)n1. The molecule has 0 spiro atoms. The van der Waals surface area contributed by atoms with E-state index in [0.29, 0.717) is 0 Å². The molecule has 14 heavy (non-hydrogen) atoms. The first-order valence-electron chi connectivity index (χ1n) is 3.93. The zero-order valence-corrected chi connectivity index (χ0v) is 8.50. The van der Waals surface area contributed by atoms with E-state index in [1.807, 2.05) is 12.3 Å². The molecule has 1 heterocycles. The fraction of sp³-hybridized carbons (Fsp3) is 0.200. The number of carbonyl (C=O) groups excluding carboxylic acids is 1. The number of aromatic nitrogens is 1. The lowest BCUT2D eigenvalue weighted by Crippen LogP contribution is -1.99. The van der Waals surface area contributed by atoms with Gasteiger partial charge in [-0.15, -0.1) is 17.8 Å². The van der Waals surface area contributed by atoms with E-state index in [0.717, 1.165) is 10.7 Å². The van der Waals surface area contributed by atoms with Crippen LogP contribution in [-0.2, 0) is 9.53 Å². The van der Waals surface area contributed by atoms with E-state index in [1.54, 1.807) is 6.08 Å². The number of hydrogen-bond acceptors (Lipinski definition) is 4. The van der Waals surface area contributed by atoms with Crippen LogP contribution in [0.1, 0.15) is 10.7 Å². The highest BCUT2D eigenvalue weighted by Gasteiger charge is 1.96. The van der Waals surface area contributed by atoms with Crippen LogP contribution in [-0.4, -0.2) is 17.6 Å². The molecular weight excluding hydrogens is 198 g/mol. The van der Waals surface area contributed by atoms with Crippen molar-refractivity contribution in [2.75, 3.05) is 6.61 Å². The fourth-order valence-corrected chi connectivity index (χ4v) is 1.35. The fourth-order valence-electron chi connectivity index (χ4n) is 0.771. The number of rotatable bonds is 3. The zero-order chi connectivity index (χ0) is 10.4. The van der Waals surface area contributed by atoms with E-state index >= 15 is 0 Å². The van der Waals surface area contributed by atoms with Gasteiger partial charge in [-0.1, -0.05) is 5.92 Å². The summed E-state index contributed by atoms with van der Waals surface area (Å²) in [5, 5.41) is 2.82. The van der Waals surface area contributed by atoms with Gasteiger partial charge < -0.3 is 4.74 Å². The molecule has 0 fully saturated rings. The number of terminal acetylenes is 1. The van der Waals surface area contributed by atoms with Gasteiger partial charge in [-0.05, 0) is 13.0 Å². The lowest BCUT2D eigenvalue weighted by Gasteiger charge is -1.92. The maximum Gasteiger partial charge on any atom is 0.331 e. The third-order valence-electron chi connectivity index (χ3n) is 1.32. The first-order chi connectivity index (χ1) is 6.72. The molecule has 0 saturated heterocycles. The van der Waals surface area contributed by atoms with Gasteiger partial charge >= 0.3 is 5.97 Å². The molecule has 0 atom stereocenters. The Morgan fingerprint density at radius 2 is 2.64 bits per heavy atom. The normalized spacial score (nSPS) is 10.0. The monoisotopic (exact) mass is 207 g/mol. The summed E-state index contributed by atoms with van der Waals surface area (Å²) < 4.78 is 4.63. The number of esters is 1. The van der Waals surface area contributed by atoms with E-state index in [9.17, 15) is 4.79 Å². The van der Waals surface area contributed by atoms with Gasteiger partial charge in [0.25, 0.3) is 0 Å². The van der Waals surface area contributed by atoms with Crippen molar-refractivity contribution >= 4 is 23.4 Å². The van der Waals surface area contributed by atoms with Crippen molar-refractivity contribution in [3.05, 3.63) is 22.2 Å². The first-order valence-corrected chi connectivity index (χ1v) is 4.81. The Morgan fingerprint density at radius 3 is 3.21 bits per heavy atom. The largest absolute Gasteiger partial charge is 0.449 e. The molecule has 0 unspecified atom stereocenters. The lowest BCUT2D eigenvalue weighted by atomic mass is 10.4. The van der Waals surface area contributed by atoms with Crippen molar-refractivity contribution in [2.45, 2.75) is 6.92 Å². The van der Waals surface area contributed by atoms with E-state index in [2.05, 4.69) is 15.6 Å². The van der Waals surface area contributed by atoms with Gasteiger partial charge in [0, 0.05) is 11.5 Å². The predicted octanol–water partition coefficient (Wildman–Crippen LogP) is 1.64. The molecular formula is C10H9NO2S. The highest BCUT2D eigenvalue weighted by Crippen LogP contribution is 2.08. The van der Waals surface area contributed by atoms with Crippen LogP contribution in [0.15, 0.2) is 11.5 Å². The highest BCUT2D eigenvalue weighted by atomic mass is 32.1. The van der Waals surface area contributed by atoms with E-state index < -0.39 is 5.97 Å². The van der Waals surface area contributed by atoms with Crippen molar-refractivity contribution in [3.8, 4) is 12.3 Å². The quantitative estimate of drug-likeness (QED) is 0.429. The number of carbonyl (C=O) groups is 1. The summed E-state index contributed by atoms with van der Waals surface area (Å²) in [4.78, 5) is 15.1. The second-order valence-electron chi connectivity index (χ2n) is 2.44. The Morgan fingerprint density at radius 1 is 1.86 bits per heavy atom. The standard InChI is InChI=1S/C10H9NO2S/c1-3-6-13-10(12)5-4-9-7-14-8(2)11-9/h1,4-5,7H,6H2,2H3/b5-4+. The summed E-state index contributed by atoms with van der Waals surface area (Å²) in [5.74, 6) is 1.76. The van der Waals surface area contributed by atoms with Crippen molar-refractivity contribution < 1.29 is 9.53 Å². The molecule has 0 aliphatic rings. The smallest absolute Gasteiger partial charge is 0.331 e. The van der Waals surface area contributed by atoms with Crippen molar-refractivity contribution in [3.63, 3.8) is 0 Å². The molecule has 0 N–H and O–H groups in total. The predicted molar refractivity (Wildman–Crippen MR) is 55.7 cm³/mol. The number of ether oxygens (including phenoxy) is 1. The van der Waals surface area contributed by atoms with Gasteiger partial charge in [-0.25, -0.2) is 9.78 Å². The molecule has 0 radical (unpaired) electrons. The second-order valence-corrected chi connectivity index (χ2v) is 3.50. The minimum Gasteiger partial charge on any atom is -0.449 e. The molecule has 3 nitrogen and oxygen atoms in total. The third kappa shape index (κ3) is 3.42. The molecule has 1 aromatic rings. The van der Waals surface area contributed by atoms with E-state index in [-0.39, 0.29) is 6.61 Å². The Balaban J connectivity index is 2.48. The van der Waals surface area contributed by atoms with Gasteiger partial charge in [0.15, 0.2) is 6.61 Å². The van der Waals surface area contributed by atoms with Crippen molar-refractivity contribution in [1.82, 2.24) is 4.98 Å². The van der Waals surface area contributed by atoms with Gasteiger partial charge in [-0.3, -0.25) is 0 Å². The van der Waals surface area contributed by atoms with Crippen molar-refractivity contribution in [2.24, 2.45) is 0 Å². The summed E-state index contributed by atoms with van der Waals surface area (Å²) in [7, 11) is 0. The molecule has 0 aromatic carbocycles. The van der Waals surface area contributed by atoms with Gasteiger partial charge in [0.05, 0.1) is 10.7 Å². The molecule has 0 aliphatic carbocycles. The van der Waals surface area contributed by atoms with Crippen LogP contribution in [0.4, 0.5) is 0 Å². The van der Waals surface area contributed by atoms with Gasteiger partial charge in [-0.2, -0.15) is 0 Å². The van der Waals surface area contributed by atoms with Crippen LogP contribution in [0, 0.1) is 19.3 Å². The van der Waals surface area contributed by atoms with Crippen LogP contribution in [0.2, 0.25) is 0 Å². The maximum atomic E-state index is 11.0. The summed E-state index contributed by atoms with van der Waals surface area (Å²) in [6.07, 6.45) is 7.84. The van der Waals surface area contributed by atoms with E-state index in [1.165, 1.54) is 17.4 Å². The summed E-state index contributed by atoms with van der Waals surface area (Å²) >= 11 is 1.53. The summed E-state index contributed by atoms with van der Waals surface area (Å²) in [5.41, 5.74) is 0.755. The van der Waals surface area contributed by atoms with E-state index in [4.69, 9.17) is 6.42 Å². The molecule has 72 valence electrons. The molecule has 0 amide bonds. The van der Waals surface area contributed by atoms with Gasteiger partial charge in [0.2, 0.25) is 0 Å².